The number of fused-ring (bicyclic) bond motifs is 4. The van der Waals surface area contributed by atoms with Crippen LogP contribution in [0.3, 0.4) is 0 Å². The number of carboxylic acid groups (broad SMARTS) is 1. The number of aliphatic carboxylic acids is 1. The largest absolute Gasteiger partial charge is 0.510 e. The van der Waals surface area contributed by atoms with E-state index in [-0.39, 0.29) is 17.5 Å². The molecule has 9 atom stereocenters. The first-order chi connectivity index (χ1) is 26.7. The van der Waals surface area contributed by atoms with Crippen molar-refractivity contribution in [2.24, 2.45) is 11.8 Å². The van der Waals surface area contributed by atoms with Crippen LogP contribution >= 0.6 is 11.8 Å². The monoisotopic (exact) mass is 805 g/mol. The van der Waals surface area contributed by atoms with Crippen LogP contribution in [0.5, 0.6) is 5.75 Å². The van der Waals surface area contributed by atoms with Gasteiger partial charge in [0.05, 0.1) is 23.9 Å². The number of benzene rings is 2. The number of hydrogen-bond donors (Lipinski definition) is 9. The normalized spacial score (nSPS) is 31.9. The number of rotatable bonds is 9. The number of nitrogens with one attached hydrogen (secondary N) is 3. The van der Waals surface area contributed by atoms with Crippen molar-refractivity contribution in [3.63, 3.8) is 0 Å². The Morgan fingerprint density at radius 2 is 1.65 bits per heavy atom. The molecule has 3 aliphatic carbocycles. The van der Waals surface area contributed by atoms with Gasteiger partial charge in [0.15, 0.2) is 11.4 Å². The molecule has 0 aromatic heterocycles. The Hall–Kier alpha value is -5.27. The maximum Gasteiger partial charge on any atom is 0.327 e. The van der Waals surface area contributed by atoms with Crippen molar-refractivity contribution in [1.29, 1.82) is 0 Å². The number of phenolic OH excluding ortho intramolecular Hbond substituents is 1. The van der Waals surface area contributed by atoms with Crippen LogP contribution < -0.4 is 16.0 Å². The SMILES string of the molecule is CN(C)[C@@H]1C(O)=C(C(=O)NCN[C@@H](C(=O)N[C@@H]2C(=O)N3[C@@H]2SC(C)(C)[C@@H]3C(=O)O)c2ccccc2)C(=O)[C@@]2(O)C(O)=C3C(=O)c4c(O)cccc4[C@@](C)(O)[C@H]3C[C@@H]12. The molecule has 2 aromatic carbocycles. The van der Waals surface area contributed by atoms with Crippen LogP contribution in [-0.4, -0.2) is 130 Å². The Kier molecular flexibility index (Phi) is 9.59. The summed E-state index contributed by atoms with van der Waals surface area (Å²) in [6, 6.07) is 7.78. The number of aliphatic hydroxyl groups is 4. The van der Waals surface area contributed by atoms with Crippen LogP contribution in [-0.2, 0) is 29.6 Å². The number of Topliss-reactive ketones (excluding diaryl/α,β-unsaturated/α-hetero) is 2. The molecule has 57 heavy (non-hydrogen) atoms. The molecule has 17 nitrogen and oxygen atoms in total. The predicted molar refractivity (Wildman–Crippen MR) is 201 cm³/mol. The van der Waals surface area contributed by atoms with Gasteiger partial charge in [0.25, 0.3) is 5.91 Å². The lowest BCUT2D eigenvalue weighted by Gasteiger charge is -2.52. The highest BCUT2D eigenvalue weighted by Gasteiger charge is 2.66. The fourth-order valence-electron chi connectivity index (χ4n) is 9.20. The predicted octanol–water partition coefficient (Wildman–Crippen LogP) is 0.337. The number of likely N-dealkylation sites (N-methyl/N-ethyl adjacent to an activating group) is 1. The van der Waals surface area contributed by atoms with E-state index in [1.54, 1.807) is 44.2 Å². The fraction of sp³-hybridized carbons (Fsp3) is 0.436. The molecule has 2 saturated heterocycles. The van der Waals surface area contributed by atoms with Gasteiger partial charge < -0.3 is 46.2 Å². The number of aromatic hydroxyl groups is 1. The van der Waals surface area contributed by atoms with E-state index in [4.69, 9.17) is 0 Å². The Labute approximate surface area is 330 Å². The number of amides is 3. The summed E-state index contributed by atoms with van der Waals surface area (Å²) in [5.74, 6) is -10.8. The molecular weight excluding hydrogens is 763 g/mol. The topological polar surface area (TPSA) is 266 Å². The summed E-state index contributed by atoms with van der Waals surface area (Å²) in [4.78, 5) is 83.4. The number of aliphatic hydroxyl groups excluding tert-OH is 2. The second-order valence-corrected chi connectivity index (χ2v) is 17.7. The number of β-lactam (4-membered cyclic amide) rings is 1. The first-order valence-electron chi connectivity index (χ1n) is 18.2. The van der Waals surface area contributed by atoms with E-state index in [9.17, 15) is 59.4 Å². The Morgan fingerprint density at radius 3 is 2.28 bits per heavy atom. The highest BCUT2D eigenvalue weighted by molar-refractivity contribution is 8.01. The van der Waals surface area contributed by atoms with E-state index in [1.807, 2.05) is 0 Å². The first-order valence-corrected chi connectivity index (χ1v) is 19.0. The van der Waals surface area contributed by atoms with Crippen molar-refractivity contribution in [1.82, 2.24) is 25.8 Å². The second-order valence-electron chi connectivity index (χ2n) is 15.9. The molecule has 302 valence electrons. The zero-order valence-electron chi connectivity index (χ0n) is 31.5. The maximum atomic E-state index is 14.3. The van der Waals surface area contributed by atoms with Crippen LogP contribution in [0.15, 0.2) is 71.2 Å². The molecular formula is C39H43N5O12S. The summed E-state index contributed by atoms with van der Waals surface area (Å²) in [6.07, 6.45) is -0.304. The highest BCUT2D eigenvalue weighted by atomic mass is 32.2. The number of ketones is 2. The van der Waals surface area contributed by atoms with Crippen LogP contribution in [0, 0.1) is 11.8 Å². The molecule has 2 heterocycles. The molecule has 7 rings (SSSR count). The van der Waals surface area contributed by atoms with Crippen molar-refractivity contribution in [3.05, 3.63) is 87.9 Å². The van der Waals surface area contributed by atoms with E-state index in [0.29, 0.717) is 5.56 Å². The van der Waals surface area contributed by atoms with E-state index in [2.05, 4.69) is 16.0 Å². The summed E-state index contributed by atoms with van der Waals surface area (Å²) in [6.45, 7) is 4.28. The summed E-state index contributed by atoms with van der Waals surface area (Å²) in [7, 11) is 3.01. The standard InChI is InChI=1S/C39H43N5O12S/c1-37(2)29(36(53)54)44-34(52)25(35(44)57-37)42-33(51)24(16-10-7-6-8-11-16)40-15-41-32(50)23-28(47)26(43(4)5)19-14-18-22(30(48)39(19,56)31(23)49)27(46)21-17(38(18,3)55)12-9-13-20(21)45/h6-13,18-19,24-26,29,35,40,45,47-48,55-56H,14-15H2,1-5H3,(H,41,50)(H,42,51)(H,53,54)/t18-,19-,24+,25+,26-,29-,35+,38+,39-/m0/s1. The minimum atomic E-state index is -2.93. The molecule has 2 aliphatic heterocycles. The summed E-state index contributed by atoms with van der Waals surface area (Å²) >= 11 is 1.25. The number of phenols is 1. The maximum absolute atomic E-state index is 14.3. The molecule has 0 spiro atoms. The Bertz CT molecular complexity index is 2190. The third-order valence-corrected chi connectivity index (χ3v) is 13.5. The molecule has 0 saturated carbocycles. The van der Waals surface area contributed by atoms with Gasteiger partial charge in [-0.05, 0) is 58.5 Å². The summed E-state index contributed by atoms with van der Waals surface area (Å²) in [5.41, 5.74) is -6.06. The van der Waals surface area contributed by atoms with Crippen molar-refractivity contribution in [2.75, 3.05) is 20.8 Å². The van der Waals surface area contributed by atoms with E-state index in [1.165, 1.54) is 60.8 Å². The van der Waals surface area contributed by atoms with Gasteiger partial charge >= 0.3 is 5.97 Å². The van der Waals surface area contributed by atoms with Crippen molar-refractivity contribution < 1.29 is 59.4 Å². The van der Waals surface area contributed by atoms with Gasteiger partial charge in [0, 0.05) is 22.2 Å². The lowest BCUT2D eigenvalue weighted by Crippen LogP contribution is -2.71. The first kappa shape index (κ1) is 39.9. The van der Waals surface area contributed by atoms with E-state index in [0.717, 1.165) is 0 Å². The third-order valence-electron chi connectivity index (χ3n) is 11.9. The molecule has 18 heteroatoms. The van der Waals surface area contributed by atoms with Gasteiger partial charge in [-0.1, -0.05) is 42.5 Å². The quantitative estimate of drug-likeness (QED) is 0.0940. The number of carbonyl (C=O) groups excluding carboxylic acids is 5. The smallest absolute Gasteiger partial charge is 0.327 e. The van der Waals surface area contributed by atoms with Crippen molar-refractivity contribution >= 4 is 47.0 Å². The second kappa shape index (κ2) is 13.7. The number of carboxylic acids is 1. The Balaban J connectivity index is 1.14. The Morgan fingerprint density at radius 1 is 0.982 bits per heavy atom. The van der Waals surface area contributed by atoms with Crippen LogP contribution in [0.4, 0.5) is 0 Å². The minimum absolute atomic E-state index is 0.0762. The molecule has 9 N–H and O–H groups in total. The molecule has 0 unspecified atom stereocenters. The van der Waals surface area contributed by atoms with Gasteiger partial charge in [-0.2, -0.15) is 0 Å². The minimum Gasteiger partial charge on any atom is -0.510 e. The summed E-state index contributed by atoms with van der Waals surface area (Å²) in [5, 5.41) is 75.0. The summed E-state index contributed by atoms with van der Waals surface area (Å²) < 4.78 is -0.825. The lowest BCUT2D eigenvalue weighted by atomic mass is 9.55. The van der Waals surface area contributed by atoms with E-state index < -0.39 is 128 Å². The van der Waals surface area contributed by atoms with Crippen LogP contribution in [0.1, 0.15) is 54.7 Å². The van der Waals surface area contributed by atoms with Crippen LogP contribution in [0.2, 0.25) is 0 Å². The average molecular weight is 806 g/mol. The molecule has 2 fully saturated rings. The lowest BCUT2D eigenvalue weighted by molar-refractivity contribution is -0.161. The fourth-order valence-corrected chi connectivity index (χ4v) is 10.8. The number of nitrogens with zero attached hydrogens (tertiary/aromatic N) is 2. The number of carbonyl (C=O) groups is 6. The highest BCUT2D eigenvalue weighted by Crippen LogP contribution is 2.57. The number of thioether (sulfide) groups is 1. The molecule has 0 radical (unpaired) electrons. The molecule has 0 bridgehead atoms. The zero-order chi connectivity index (χ0) is 41.7. The average Bonchev–Trinajstić information content (AvgIpc) is 3.40. The van der Waals surface area contributed by atoms with Gasteiger partial charge in [-0.3, -0.25) is 34.2 Å². The van der Waals surface area contributed by atoms with Gasteiger partial charge in [0.2, 0.25) is 17.6 Å². The van der Waals surface area contributed by atoms with Gasteiger partial charge in [-0.25, -0.2) is 4.79 Å². The number of hydrogen-bond acceptors (Lipinski definition) is 14. The molecule has 2 aromatic rings. The molecule has 3 amide bonds. The van der Waals surface area contributed by atoms with Gasteiger partial charge in [-0.15, -0.1) is 11.8 Å². The molecule has 5 aliphatic rings. The van der Waals surface area contributed by atoms with E-state index >= 15 is 0 Å². The van der Waals surface area contributed by atoms with Gasteiger partial charge in [0.1, 0.15) is 46.3 Å². The van der Waals surface area contributed by atoms with Crippen LogP contribution in [0.25, 0.3) is 0 Å². The van der Waals surface area contributed by atoms with Crippen molar-refractivity contribution in [3.8, 4) is 5.75 Å². The third kappa shape index (κ3) is 5.83. The zero-order valence-corrected chi connectivity index (χ0v) is 32.3. The van der Waals surface area contributed by atoms with Crippen molar-refractivity contribution in [2.45, 2.75) is 72.7 Å².